The molecule has 0 aliphatic heterocycles. The molecule has 0 radical (unpaired) electrons. The first kappa shape index (κ1) is 29.9. The molecule has 0 saturated carbocycles. The molecule has 0 fully saturated rings. The minimum absolute atomic E-state index is 0.0435. The molecular formula is C26H35N3O7S. The van der Waals surface area contributed by atoms with Crippen molar-refractivity contribution >= 4 is 35.1 Å². The van der Waals surface area contributed by atoms with Gasteiger partial charge < -0.3 is 24.8 Å². The number of nitro groups is 1. The molecular weight excluding hydrogens is 498 g/mol. The van der Waals surface area contributed by atoms with Crippen LogP contribution in [0.3, 0.4) is 0 Å². The molecule has 11 heteroatoms. The third-order valence-electron chi connectivity index (χ3n) is 5.38. The number of nitrogens with one attached hydrogen (secondary N) is 1. The number of anilines is 1. The summed E-state index contributed by atoms with van der Waals surface area (Å²) in [5, 5.41) is 22.9. The summed E-state index contributed by atoms with van der Waals surface area (Å²) < 4.78 is 11.1. The van der Waals surface area contributed by atoms with E-state index in [2.05, 4.69) is 12.2 Å². The number of rotatable bonds is 17. The molecule has 202 valence electrons. The molecule has 0 aromatic heterocycles. The summed E-state index contributed by atoms with van der Waals surface area (Å²) in [5.74, 6) is 1.43. The highest BCUT2D eigenvalue weighted by molar-refractivity contribution is 7.99. The third kappa shape index (κ3) is 11.1. The number of carboxylic acid groups (broad SMARTS) is 1. The minimum Gasteiger partial charge on any atom is -0.492 e. The van der Waals surface area contributed by atoms with Gasteiger partial charge in [-0.2, -0.15) is 11.8 Å². The molecule has 0 bridgehead atoms. The minimum atomic E-state index is -0.998. The van der Waals surface area contributed by atoms with E-state index in [0.717, 1.165) is 29.9 Å². The van der Waals surface area contributed by atoms with E-state index in [1.807, 2.05) is 0 Å². The van der Waals surface area contributed by atoms with Gasteiger partial charge in [0.1, 0.15) is 12.4 Å². The Labute approximate surface area is 221 Å². The van der Waals surface area contributed by atoms with Crippen molar-refractivity contribution < 1.29 is 29.1 Å². The summed E-state index contributed by atoms with van der Waals surface area (Å²) >= 11 is 1.79. The molecule has 0 aliphatic carbocycles. The first-order chi connectivity index (χ1) is 17.8. The SMILES string of the molecule is CCCCSCCN(CCOc1ccc(CC(OCC)C(=O)O)cc1)C(=O)Nc1ccc([N+](=O)[O-])cc1. The summed E-state index contributed by atoms with van der Waals surface area (Å²) in [6.45, 7) is 5.36. The van der Waals surface area contributed by atoms with Gasteiger partial charge in [0.2, 0.25) is 0 Å². The lowest BCUT2D eigenvalue weighted by atomic mass is 10.1. The number of carboxylic acids is 1. The van der Waals surface area contributed by atoms with Gasteiger partial charge >= 0.3 is 12.0 Å². The predicted octanol–water partition coefficient (Wildman–Crippen LogP) is 5.07. The summed E-state index contributed by atoms with van der Waals surface area (Å²) in [6.07, 6.45) is 1.61. The van der Waals surface area contributed by atoms with Gasteiger partial charge in [0, 0.05) is 43.1 Å². The lowest BCUT2D eigenvalue weighted by molar-refractivity contribution is -0.384. The lowest BCUT2D eigenvalue weighted by Gasteiger charge is -2.23. The fourth-order valence-electron chi connectivity index (χ4n) is 3.34. The molecule has 2 rings (SSSR count). The van der Waals surface area contributed by atoms with Gasteiger partial charge in [-0.3, -0.25) is 10.1 Å². The van der Waals surface area contributed by atoms with E-state index in [4.69, 9.17) is 9.47 Å². The molecule has 0 saturated heterocycles. The fourth-order valence-corrected chi connectivity index (χ4v) is 4.38. The van der Waals surface area contributed by atoms with Gasteiger partial charge in [-0.25, -0.2) is 9.59 Å². The van der Waals surface area contributed by atoms with Crippen LogP contribution in [0.4, 0.5) is 16.2 Å². The largest absolute Gasteiger partial charge is 0.492 e. The van der Waals surface area contributed by atoms with Crippen LogP contribution < -0.4 is 10.1 Å². The first-order valence-electron chi connectivity index (χ1n) is 12.3. The average molecular weight is 534 g/mol. The van der Waals surface area contributed by atoms with Gasteiger partial charge in [0.05, 0.1) is 11.5 Å². The van der Waals surface area contributed by atoms with E-state index < -0.39 is 17.0 Å². The van der Waals surface area contributed by atoms with Crippen LogP contribution in [0, 0.1) is 10.1 Å². The van der Waals surface area contributed by atoms with Crippen LogP contribution in [0.2, 0.25) is 0 Å². The van der Waals surface area contributed by atoms with Crippen molar-refractivity contribution in [3.05, 3.63) is 64.2 Å². The Hall–Kier alpha value is -3.31. The highest BCUT2D eigenvalue weighted by Gasteiger charge is 2.18. The number of aliphatic carboxylic acids is 1. The second-order valence-electron chi connectivity index (χ2n) is 8.17. The molecule has 1 unspecified atom stereocenters. The molecule has 2 aromatic carbocycles. The number of unbranched alkanes of at least 4 members (excludes halogenated alkanes) is 1. The van der Waals surface area contributed by atoms with Crippen LogP contribution in [0.15, 0.2) is 48.5 Å². The number of thioether (sulfide) groups is 1. The van der Waals surface area contributed by atoms with E-state index >= 15 is 0 Å². The van der Waals surface area contributed by atoms with Crippen molar-refractivity contribution in [3.63, 3.8) is 0 Å². The number of benzene rings is 2. The Morgan fingerprint density at radius 1 is 1.08 bits per heavy atom. The maximum Gasteiger partial charge on any atom is 0.333 e. The highest BCUT2D eigenvalue weighted by atomic mass is 32.2. The first-order valence-corrected chi connectivity index (χ1v) is 13.4. The normalized spacial score (nSPS) is 11.5. The average Bonchev–Trinajstić information content (AvgIpc) is 2.88. The smallest absolute Gasteiger partial charge is 0.333 e. The zero-order valence-corrected chi connectivity index (χ0v) is 22.1. The standard InChI is InChI=1S/C26H35N3O7S/c1-3-5-17-37-18-15-28(26(32)27-21-8-10-22(11-9-21)29(33)34)14-16-36-23-12-6-20(7-13-23)19-24(25(30)31)35-4-2/h6-13,24H,3-5,14-19H2,1-2H3,(H,27,32)(H,30,31). The monoisotopic (exact) mass is 533 g/mol. The molecule has 0 heterocycles. The van der Waals surface area contributed by atoms with E-state index in [0.29, 0.717) is 31.1 Å². The Morgan fingerprint density at radius 2 is 1.78 bits per heavy atom. The summed E-state index contributed by atoms with van der Waals surface area (Å²) in [5.41, 5.74) is 1.25. The number of carbonyl (C=O) groups excluding carboxylic acids is 1. The maximum atomic E-state index is 12.9. The van der Waals surface area contributed by atoms with Crippen molar-refractivity contribution in [2.24, 2.45) is 0 Å². The topological polar surface area (TPSA) is 131 Å². The number of carbonyl (C=O) groups is 2. The molecule has 0 spiro atoms. The zero-order valence-electron chi connectivity index (χ0n) is 21.3. The van der Waals surface area contributed by atoms with Crippen LogP contribution in [-0.2, 0) is 16.0 Å². The second kappa shape index (κ2) is 16.4. The van der Waals surface area contributed by atoms with Crippen LogP contribution in [-0.4, -0.2) is 70.8 Å². The number of ether oxygens (including phenoxy) is 2. The molecule has 0 aliphatic rings. The summed E-state index contributed by atoms with van der Waals surface area (Å²) in [6, 6.07) is 12.5. The molecule has 2 amide bonds. The summed E-state index contributed by atoms with van der Waals surface area (Å²) in [7, 11) is 0. The van der Waals surface area contributed by atoms with E-state index in [1.54, 1.807) is 47.9 Å². The molecule has 1 atom stereocenters. The van der Waals surface area contributed by atoms with Crippen molar-refractivity contribution in [1.29, 1.82) is 0 Å². The van der Waals surface area contributed by atoms with Crippen LogP contribution >= 0.6 is 11.8 Å². The second-order valence-corrected chi connectivity index (χ2v) is 9.39. The van der Waals surface area contributed by atoms with Crippen molar-refractivity contribution in [3.8, 4) is 5.75 Å². The Balaban J connectivity index is 1.92. The van der Waals surface area contributed by atoms with E-state index in [1.165, 1.54) is 24.3 Å². The van der Waals surface area contributed by atoms with Crippen molar-refractivity contribution in [2.75, 3.05) is 43.1 Å². The van der Waals surface area contributed by atoms with E-state index in [9.17, 15) is 24.8 Å². The third-order valence-corrected chi connectivity index (χ3v) is 6.43. The van der Waals surface area contributed by atoms with Gasteiger partial charge in [0.15, 0.2) is 6.10 Å². The van der Waals surface area contributed by atoms with Gasteiger partial charge in [-0.15, -0.1) is 0 Å². The van der Waals surface area contributed by atoms with E-state index in [-0.39, 0.29) is 24.7 Å². The molecule has 2 aromatic rings. The Bertz CT molecular complexity index is 987. The highest BCUT2D eigenvalue weighted by Crippen LogP contribution is 2.17. The number of hydrogen-bond acceptors (Lipinski definition) is 7. The number of amides is 2. The quantitative estimate of drug-likeness (QED) is 0.164. The number of nitrogens with zero attached hydrogens (tertiary/aromatic N) is 2. The molecule has 37 heavy (non-hydrogen) atoms. The zero-order chi connectivity index (χ0) is 27.0. The lowest BCUT2D eigenvalue weighted by Crippen LogP contribution is -2.39. The predicted molar refractivity (Wildman–Crippen MR) is 145 cm³/mol. The summed E-state index contributed by atoms with van der Waals surface area (Å²) in [4.78, 5) is 36.2. The Kier molecular flexibility index (Phi) is 13.3. The van der Waals surface area contributed by atoms with Gasteiger partial charge in [0.25, 0.3) is 5.69 Å². The molecule has 10 nitrogen and oxygen atoms in total. The number of hydrogen-bond donors (Lipinski definition) is 2. The van der Waals surface area contributed by atoms with Crippen LogP contribution in [0.25, 0.3) is 0 Å². The number of non-ortho nitro benzene ring substituents is 1. The van der Waals surface area contributed by atoms with Crippen LogP contribution in [0.5, 0.6) is 5.75 Å². The van der Waals surface area contributed by atoms with Crippen molar-refractivity contribution in [2.45, 2.75) is 39.2 Å². The van der Waals surface area contributed by atoms with Gasteiger partial charge in [-0.05, 0) is 48.9 Å². The van der Waals surface area contributed by atoms with Crippen molar-refractivity contribution in [1.82, 2.24) is 4.90 Å². The number of nitro benzene ring substituents is 1. The Morgan fingerprint density at radius 3 is 2.38 bits per heavy atom. The fraction of sp³-hybridized carbons (Fsp3) is 0.462. The maximum absolute atomic E-state index is 12.9. The molecule has 2 N–H and O–H groups in total. The number of urea groups is 1. The van der Waals surface area contributed by atoms with Crippen LogP contribution in [0.1, 0.15) is 32.3 Å². The van der Waals surface area contributed by atoms with Gasteiger partial charge in [-0.1, -0.05) is 25.5 Å².